The average Bonchev–Trinajstić information content (AvgIpc) is 2.39. The Morgan fingerprint density at radius 3 is 2.26 bits per heavy atom. The molecule has 1 aromatic rings. The van der Waals surface area contributed by atoms with E-state index in [1.54, 1.807) is 24.3 Å². The topological polar surface area (TPSA) is 57.6 Å². The van der Waals surface area contributed by atoms with Gasteiger partial charge in [0.15, 0.2) is 0 Å². The van der Waals surface area contributed by atoms with E-state index in [1.165, 1.54) is 0 Å². The van der Waals surface area contributed by atoms with Crippen molar-refractivity contribution in [1.82, 2.24) is 4.90 Å². The van der Waals surface area contributed by atoms with Crippen LogP contribution in [0.1, 0.15) is 19.4 Å². The normalized spacial score (nSPS) is 12.6. The molecule has 0 radical (unpaired) electrons. The highest BCUT2D eigenvalue weighted by Crippen LogP contribution is 2.10. The van der Waals surface area contributed by atoms with Crippen molar-refractivity contribution in [3.8, 4) is 0 Å². The van der Waals surface area contributed by atoms with Crippen LogP contribution in [-0.4, -0.2) is 45.6 Å². The number of hydrogen-bond donors (Lipinski definition) is 1. The van der Waals surface area contributed by atoms with Gasteiger partial charge < -0.3 is 10.0 Å². The van der Waals surface area contributed by atoms with Crippen molar-refractivity contribution in [3.63, 3.8) is 0 Å². The molecule has 1 unspecified atom stereocenters. The highest BCUT2D eigenvalue weighted by Gasteiger charge is 2.07. The second-order valence-corrected chi connectivity index (χ2v) is 5.86. The standard InChI is InChI=1S/C14H21NO3S/c1-3-15(4-2)9-10-19(18)13-7-5-12(6-8-13)11-14(16)17/h5-8H,3-4,9-11H2,1-2H3,(H,16,17). The van der Waals surface area contributed by atoms with Crippen molar-refractivity contribution < 1.29 is 14.1 Å². The van der Waals surface area contributed by atoms with Crippen LogP contribution in [-0.2, 0) is 22.0 Å². The van der Waals surface area contributed by atoms with Crippen molar-refractivity contribution in [2.75, 3.05) is 25.4 Å². The van der Waals surface area contributed by atoms with E-state index in [1.807, 2.05) is 0 Å². The molecule has 106 valence electrons. The van der Waals surface area contributed by atoms with Gasteiger partial charge in [-0.05, 0) is 30.8 Å². The molecule has 1 rings (SSSR count). The van der Waals surface area contributed by atoms with E-state index in [0.717, 1.165) is 30.1 Å². The minimum atomic E-state index is -1.02. The van der Waals surface area contributed by atoms with Gasteiger partial charge in [0.25, 0.3) is 0 Å². The van der Waals surface area contributed by atoms with Crippen molar-refractivity contribution >= 4 is 16.8 Å². The molecule has 1 aromatic carbocycles. The number of carboxylic acids is 1. The highest BCUT2D eigenvalue weighted by atomic mass is 32.2. The summed E-state index contributed by atoms with van der Waals surface area (Å²) < 4.78 is 12.1. The van der Waals surface area contributed by atoms with Crippen LogP contribution in [0.4, 0.5) is 0 Å². The van der Waals surface area contributed by atoms with Crippen LogP contribution in [0.5, 0.6) is 0 Å². The van der Waals surface area contributed by atoms with E-state index < -0.39 is 16.8 Å². The summed E-state index contributed by atoms with van der Waals surface area (Å²) in [5, 5.41) is 8.68. The van der Waals surface area contributed by atoms with Crippen molar-refractivity contribution in [2.45, 2.75) is 25.2 Å². The molecule has 0 spiro atoms. The maximum Gasteiger partial charge on any atom is 0.307 e. The van der Waals surface area contributed by atoms with Crippen LogP contribution in [0.15, 0.2) is 29.2 Å². The number of hydrogen-bond acceptors (Lipinski definition) is 3. The summed E-state index contributed by atoms with van der Waals surface area (Å²) in [6, 6.07) is 6.99. The lowest BCUT2D eigenvalue weighted by atomic mass is 10.2. The van der Waals surface area contributed by atoms with Crippen LogP contribution in [0.3, 0.4) is 0 Å². The Morgan fingerprint density at radius 1 is 1.21 bits per heavy atom. The Kier molecular flexibility index (Phi) is 6.73. The first-order valence-corrected chi connectivity index (χ1v) is 7.80. The third-order valence-electron chi connectivity index (χ3n) is 3.03. The minimum absolute atomic E-state index is 0.00631. The van der Waals surface area contributed by atoms with Crippen LogP contribution < -0.4 is 0 Å². The summed E-state index contributed by atoms with van der Waals surface area (Å²) in [5.74, 6) is -0.240. The Balaban J connectivity index is 2.55. The molecule has 0 heterocycles. The maximum absolute atomic E-state index is 12.1. The first-order chi connectivity index (χ1) is 9.06. The first-order valence-electron chi connectivity index (χ1n) is 6.48. The number of aliphatic carboxylic acids is 1. The molecular weight excluding hydrogens is 262 g/mol. The molecule has 0 aliphatic rings. The van der Waals surface area contributed by atoms with Gasteiger partial charge in [-0.25, -0.2) is 0 Å². The molecule has 1 N–H and O–H groups in total. The van der Waals surface area contributed by atoms with Gasteiger partial charge in [0.1, 0.15) is 0 Å². The summed E-state index contributed by atoms with van der Waals surface area (Å²) >= 11 is 0. The lowest BCUT2D eigenvalue weighted by molar-refractivity contribution is -0.136. The molecule has 5 heteroatoms. The monoisotopic (exact) mass is 283 g/mol. The molecule has 0 saturated heterocycles. The maximum atomic E-state index is 12.1. The summed E-state index contributed by atoms with van der Waals surface area (Å²) in [7, 11) is -1.02. The third kappa shape index (κ3) is 5.53. The summed E-state index contributed by atoms with van der Waals surface area (Å²) in [5.41, 5.74) is 0.733. The number of rotatable bonds is 8. The molecule has 0 aliphatic heterocycles. The zero-order valence-corrected chi connectivity index (χ0v) is 12.3. The third-order valence-corrected chi connectivity index (χ3v) is 4.38. The highest BCUT2D eigenvalue weighted by molar-refractivity contribution is 7.85. The van der Waals surface area contributed by atoms with Crippen LogP contribution in [0.2, 0.25) is 0 Å². The lowest BCUT2D eigenvalue weighted by Gasteiger charge is -2.17. The number of benzene rings is 1. The van der Waals surface area contributed by atoms with E-state index >= 15 is 0 Å². The van der Waals surface area contributed by atoms with Gasteiger partial charge in [-0.1, -0.05) is 26.0 Å². The van der Waals surface area contributed by atoms with Gasteiger partial charge >= 0.3 is 5.97 Å². The van der Waals surface area contributed by atoms with Crippen molar-refractivity contribution in [1.29, 1.82) is 0 Å². The zero-order valence-electron chi connectivity index (χ0n) is 11.5. The number of nitrogens with zero attached hydrogens (tertiary/aromatic N) is 1. The van der Waals surface area contributed by atoms with Gasteiger partial charge in [0.05, 0.1) is 17.2 Å². The molecule has 0 saturated carbocycles. The van der Waals surface area contributed by atoms with Gasteiger partial charge in [0, 0.05) is 17.2 Å². The van der Waals surface area contributed by atoms with Gasteiger partial charge in [-0.15, -0.1) is 0 Å². The lowest BCUT2D eigenvalue weighted by Crippen LogP contribution is -2.27. The average molecular weight is 283 g/mol. The van der Waals surface area contributed by atoms with Crippen molar-refractivity contribution in [2.24, 2.45) is 0 Å². The van der Waals surface area contributed by atoms with Gasteiger partial charge in [-0.3, -0.25) is 9.00 Å². The molecule has 19 heavy (non-hydrogen) atoms. The molecular formula is C14H21NO3S. The zero-order chi connectivity index (χ0) is 14.3. The summed E-state index contributed by atoms with van der Waals surface area (Å²) in [6.07, 6.45) is 0.00631. The largest absolute Gasteiger partial charge is 0.481 e. The quantitative estimate of drug-likeness (QED) is 0.790. The molecule has 4 nitrogen and oxygen atoms in total. The van der Waals surface area contributed by atoms with E-state index in [-0.39, 0.29) is 6.42 Å². The van der Waals surface area contributed by atoms with Crippen LogP contribution in [0, 0.1) is 0 Å². The van der Waals surface area contributed by atoms with Crippen molar-refractivity contribution in [3.05, 3.63) is 29.8 Å². The van der Waals surface area contributed by atoms with Gasteiger partial charge in [-0.2, -0.15) is 0 Å². The van der Waals surface area contributed by atoms with Gasteiger partial charge in [0.2, 0.25) is 0 Å². The number of carbonyl (C=O) groups is 1. The Morgan fingerprint density at radius 2 is 1.79 bits per heavy atom. The van der Waals surface area contributed by atoms with E-state index in [0.29, 0.717) is 5.75 Å². The molecule has 0 aliphatic carbocycles. The number of carboxylic acid groups (broad SMARTS) is 1. The Bertz CT molecular complexity index is 427. The Labute approximate surface area is 116 Å². The summed E-state index contributed by atoms with van der Waals surface area (Å²) in [6.45, 7) is 6.92. The van der Waals surface area contributed by atoms with E-state index in [9.17, 15) is 9.00 Å². The smallest absolute Gasteiger partial charge is 0.307 e. The minimum Gasteiger partial charge on any atom is -0.481 e. The fourth-order valence-electron chi connectivity index (χ4n) is 1.80. The molecule has 0 fully saturated rings. The molecule has 0 amide bonds. The second-order valence-electron chi connectivity index (χ2n) is 4.29. The van der Waals surface area contributed by atoms with Crippen LogP contribution >= 0.6 is 0 Å². The fraction of sp³-hybridized carbons (Fsp3) is 0.500. The molecule has 0 aromatic heterocycles. The SMILES string of the molecule is CCN(CC)CCS(=O)c1ccc(CC(=O)O)cc1. The molecule has 1 atom stereocenters. The predicted octanol–water partition coefficient (Wildman–Crippen LogP) is 1.76. The molecule has 0 bridgehead atoms. The van der Waals surface area contributed by atoms with Crippen LogP contribution in [0.25, 0.3) is 0 Å². The first kappa shape index (κ1) is 15.9. The summed E-state index contributed by atoms with van der Waals surface area (Å²) in [4.78, 5) is 13.6. The fourth-order valence-corrected chi connectivity index (χ4v) is 2.90. The van der Waals surface area contributed by atoms with E-state index in [4.69, 9.17) is 5.11 Å². The second kappa shape index (κ2) is 8.07. The predicted molar refractivity (Wildman–Crippen MR) is 76.8 cm³/mol. The Hall–Kier alpha value is -1.20. The van der Waals surface area contributed by atoms with E-state index in [2.05, 4.69) is 18.7 Å².